The maximum absolute atomic E-state index is 11.0. The first kappa shape index (κ1) is 11.5. The highest BCUT2D eigenvalue weighted by Gasteiger charge is 2.28. The fourth-order valence-electron chi connectivity index (χ4n) is 1.63. The van der Waals surface area contributed by atoms with E-state index in [9.17, 15) is 8.42 Å². The summed E-state index contributed by atoms with van der Waals surface area (Å²) in [7, 11) is -3.65. The van der Waals surface area contributed by atoms with Crippen molar-refractivity contribution < 1.29 is 8.42 Å². The van der Waals surface area contributed by atoms with E-state index in [1.54, 1.807) is 6.07 Å². The molecule has 1 unspecified atom stereocenters. The monoisotopic (exact) mass is 241 g/mol. The van der Waals surface area contributed by atoms with Gasteiger partial charge in [0.15, 0.2) is 0 Å². The molecule has 1 heterocycles. The normalized spacial score (nSPS) is 18.4. The quantitative estimate of drug-likeness (QED) is 0.775. The molecule has 6 heteroatoms. The molecule has 5 nitrogen and oxygen atoms in total. The molecule has 0 aromatic carbocycles. The zero-order valence-electron chi connectivity index (χ0n) is 8.83. The van der Waals surface area contributed by atoms with Crippen LogP contribution in [0, 0.1) is 5.92 Å². The number of nitrogens with two attached hydrogens (primary N) is 2. The number of primary sulfonamides is 1. The van der Waals surface area contributed by atoms with Crippen molar-refractivity contribution in [3.05, 3.63) is 24.0 Å². The van der Waals surface area contributed by atoms with E-state index in [4.69, 9.17) is 10.9 Å². The minimum absolute atomic E-state index is 0.0382. The first-order chi connectivity index (χ1) is 7.47. The van der Waals surface area contributed by atoms with Crippen molar-refractivity contribution in [3.8, 4) is 0 Å². The van der Waals surface area contributed by atoms with E-state index in [0.717, 1.165) is 5.69 Å². The number of pyridine rings is 1. The first-order valence-electron chi connectivity index (χ1n) is 5.20. The lowest BCUT2D eigenvalue weighted by molar-refractivity contribution is 0.582. The van der Waals surface area contributed by atoms with E-state index in [-0.39, 0.29) is 10.9 Å². The summed E-state index contributed by atoms with van der Waals surface area (Å²) in [6, 6.07) is 3.27. The van der Waals surface area contributed by atoms with Crippen LogP contribution in [-0.2, 0) is 16.4 Å². The minimum Gasteiger partial charge on any atom is -0.327 e. The van der Waals surface area contributed by atoms with Gasteiger partial charge in [0.2, 0.25) is 10.0 Å². The molecule has 16 heavy (non-hydrogen) atoms. The van der Waals surface area contributed by atoms with Crippen LogP contribution < -0.4 is 10.9 Å². The van der Waals surface area contributed by atoms with Crippen molar-refractivity contribution in [1.29, 1.82) is 0 Å². The Morgan fingerprint density at radius 3 is 2.56 bits per heavy atom. The highest BCUT2D eigenvalue weighted by molar-refractivity contribution is 7.89. The average molecular weight is 241 g/mol. The summed E-state index contributed by atoms with van der Waals surface area (Å²) in [4.78, 5) is 4.09. The molecular weight excluding hydrogens is 226 g/mol. The third-order valence-corrected chi connectivity index (χ3v) is 3.70. The number of rotatable bonds is 4. The van der Waals surface area contributed by atoms with Crippen molar-refractivity contribution in [2.45, 2.75) is 30.2 Å². The Bertz CT molecular complexity index is 465. The molecule has 0 aliphatic heterocycles. The molecule has 1 saturated carbocycles. The molecule has 1 aliphatic carbocycles. The predicted octanol–water partition coefficient (Wildman–Crippen LogP) is 0.00880. The number of hydrogen-bond acceptors (Lipinski definition) is 4. The zero-order chi connectivity index (χ0) is 11.8. The third-order valence-electron chi connectivity index (χ3n) is 2.80. The van der Waals surface area contributed by atoms with Gasteiger partial charge in [-0.15, -0.1) is 0 Å². The summed E-state index contributed by atoms with van der Waals surface area (Å²) in [6.07, 6.45) is 4.35. The van der Waals surface area contributed by atoms with Crippen LogP contribution in [-0.4, -0.2) is 19.4 Å². The maximum atomic E-state index is 11.0. The van der Waals surface area contributed by atoms with Crippen molar-refractivity contribution in [2.75, 3.05) is 0 Å². The molecule has 0 saturated heterocycles. The van der Waals surface area contributed by atoms with E-state index in [0.29, 0.717) is 12.3 Å². The molecular formula is C10H15N3O2S. The summed E-state index contributed by atoms with van der Waals surface area (Å²) in [5.41, 5.74) is 6.76. The van der Waals surface area contributed by atoms with E-state index < -0.39 is 10.0 Å². The van der Waals surface area contributed by atoms with Crippen LogP contribution in [0.1, 0.15) is 18.5 Å². The van der Waals surface area contributed by atoms with Crippen molar-refractivity contribution in [2.24, 2.45) is 16.8 Å². The number of hydrogen-bond donors (Lipinski definition) is 2. The number of aromatic nitrogens is 1. The highest BCUT2D eigenvalue weighted by Crippen LogP contribution is 2.32. The second-order valence-electron chi connectivity index (χ2n) is 4.24. The van der Waals surface area contributed by atoms with E-state index in [1.807, 2.05) is 0 Å². The van der Waals surface area contributed by atoms with Gasteiger partial charge >= 0.3 is 0 Å². The Labute approximate surface area is 94.9 Å². The van der Waals surface area contributed by atoms with Gasteiger partial charge in [0.05, 0.1) is 0 Å². The predicted molar refractivity (Wildman–Crippen MR) is 60.0 cm³/mol. The largest absolute Gasteiger partial charge is 0.327 e. The second kappa shape index (κ2) is 4.12. The lowest BCUT2D eigenvalue weighted by Gasteiger charge is -2.09. The SMILES string of the molecule is NC(Cc1ccc(S(N)(=O)=O)cn1)C1CC1. The lowest BCUT2D eigenvalue weighted by Crippen LogP contribution is -2.25. The van der Waals surface area contributed by atoms with Crippen molar-refractivity contribution in [1.82, 2.24) is 4.98 Å². The molecule has 0 radical (unpaired) electrons. The molecule has 0 bridgehead atoms. The van der Waals surface area contributed by atoms with Crippen LogP contribution in [0.3, 0.4) is 0 Å². The summed E-state index contributed by atoms with van der Waals surface area (Å²) in [5, 5.41) is 4.97. The topological polar surface area (TPSA) is 99.1 Å². The van der Waals surface area contributed by atoms with Crippen LogP contribution in [0.25, 0.3) is 0 Å². The van der Waals surface area contributed by atoms with Gasteiger partial charge in [-0.1, -0.05) is 0 Å². The lowest BCUT2D eigenvalue weighted by atomic mass is 10.1. The molecule has 1 aromatic rings. The fraction of sp³-hybridized carbons (Fsp3) is 0.500. The van der Waals surface area contributed by atoms with Crippen LogP contribution in [0.15, 0.2) is 23.2 Å². The molecule has 0 spiro atoms. The summed E-state index contributed by atoms with van der Waals surface area (Å²) < 4.78 is 22.0. The summed E-state index contributed by atoms with van der Waals surface area (Å²) >= 11 is 0. The van der Waals surface area contributed by atoms with Crippen molar-refractivity contribution >= 4 is 10.0 Å². The molecule has 4 N–H and O–H groups in total. The highest BCUT2D eigenvalue weighted by atomic mass is 32.2. The van der Waals surface area contributed by atoms with E-state index >= 15 is 0 Å². The van der Waals surface area contributed by atoms with E-state index in [1.165, 1.54) is 25.1 Å². The number of sulfonamides is 1. The first-order valence-corrected chi connectivity index (χ1v) is 6.75. The minimum atomic E-state index is -3.65. The maximum Gasteiger partial charge on any atom is 0.239 e. The van der Waals surface area contributed by atoms with Gasteiger partial charge in [-0.3, -0.25) is 4.98 Å². The molecule has 1 atom stereocenters. The Balaban J connectivity index is 2.07. The van der Waals surface area contributed by atoms with E-state index in [2.05, 4.69) is 4.98 Å². The van der Waals surface area contributed by atoms with Gasteiger partial charge in [0.1, 0.15) is 4.90 Å². The summed E-state index contributed by atoms with van der Waals surface area (Å²) in [5.74, 6) is 0.611. The summed E-state index contributed by atoms with van der Waals surface area (Å²) in [6.45, 7) is 0. The third kappa shape index (κ3) is 2.78. The standard InChI is InChI=1S/C10H15N3O2S/c11-10(7-1-2-7)5-8-3-4-9(6-13-8)16(12,14)15/h3-4,6-7,10H,1-2,5,11H2,(H2,12,14,15). The molecule has 1 aliphatic rings. The second-order valence-corrected chi connectivity index (χ2v) is 5.80. The van der Waals surface area contributed by atoms with Crippen LogP contribution >= 0.6 is 0 Å². The van der Waals surface area contributed by atoms with Gasteiger partial charge < -0.3 is 5.73 Å². The Morgan fingerprint density at radius 2 is 2.12 bits per heavy atom. The van der Waals surface area contributed by atoms with Gasteiger partial charge in [-0.25, -0.2) is 13.6 Å². The molecule has 88 valence electrons. The molecule has 0 amide bonds. The number of nitrogens with zero attached hydrogens (tertiary/aromatic N) is 1. The Kier molecular flexibility index (Phi) is 2.96. The zero-order valence-corrected chi connectivity index (χ0v) is 9.65. The molecule has 2 rings (SSSR count). The van der Waals surface area contributed by atoms with Crippen LogP contribution in [0.5, 0.6) is 0 Å². The van der Waals surface area contributed by atoms with Crippen molar-refractivity contribution in [3.63, 3.8) is 0 Å². The van der Waals surface area contributed by atoms with Gasteiger partial charge in [-0.05, 0) is 30.9 Å². The Hall–Kier alpha value is -0.980. The average Bonchev–Trinajstić information content (AvgIpc) is 3.00. The Morgan fingerprint density at radius 1 is 1.44 bits per heavy atom. The van der Waals surface area contributed by atoms with Crippen LogP contribution in [0.2, 0.25) is 0 Å². The smallest absolute Gasteiger partial charge is 0.239 e. The van der Waals surface area contributed by atoms with Gasteiger partial charge in [-0.2, -0.15) is 0 Å². The van der Waals surface area contributed by atoms with Gasteiger partial charge in [0, 0.05) is 24.4 Å². The molecule has 1 fully saturated rings. The van der Waals surface area contributed by atoms with Crippen LogP contribution in [0.4, 0.5) is 0 Å². The van der Waals surface area contributed by atoms with Gasteiger partial charge in [0.25, 0.3) is 0 Å². The molecule has 1 aromatic heterocycles. The fourth-order valence-corrected chi connectivity index (χ4v) is 2.09.